The molecule has 50 heavy (non-hydrogen) atoms. The fourth-order valence-corrected chi connectivity index (χ4v) is 5.79. The zero-order chi connectivity index (χ0) is 43.0. The van der Waals surface area contributed by atoms with Crippen LogP contribution in [0.1, 0.15) is 31.8 Å². The highest BCUT2D eigenvalue weighted by Gasteiger charge is 2.16. The van der Waals surface area contributed by atoms with Crippen molar-refractivity contribution in [2.45, 2.75) is 0 Å². The summed E-state index contributed by atoms with van der Waals surface area (Å²) >= 11 is 0. The monoisotopic (exact) mass is 654 g/mol. The maximum atomic E-state index is 9.38. The lowest BCUT2D eigenvalue weighted by molar-refractivity contribution is 0.668. The summed E-state index contributed by atoms with van der Waals surface area (Å²) < 4.78 is 108. The maximum Gasteiger partial charge on any atom is 0.165 e. The average molecular weight is 655 g/mol. The second-order valence-corrected chi connectivity index (χ2v) is 11.3. The van der Waals surface area contributed by atoms with E-state index in [9.17, 15) is 8.15 Å². The van der Waals surface area contributed by atoms with Crippen molar-refractivity contribution in [3.63, 3.8) is 0 Å². The number of hydrogen-bond acceptors (Lipinski definition) is 3. The summed E-state index contributed by atoms with van der Waals surface area (Å²) in [5, 5.41) is 10.4. The van der Waals surface area contributed by atoms with Crippen LogP contribution in [0, 0.1) is 5.41 Å². The molecule has 0 saturated heterocycles. The summed E-state index contributed by atoms with van der Waals surface area (Å²) in [7, 11) is 0. The number of nitrogens with one attached hydrogen (secondary N) is 1. The van der Waals surface area contributed by atoms with E-state index in [1.165, 1.54) is 0 Å². The Kier molecular flexibility index (Phi) is 4.89. The Bertz CT molecular complexity index is 3370. The zero-order valence-corrected chi connectivity index (χ0v) is 26.0. The first kappa shape index (κ1) is 19.8. The first-order valence-corrected chi connectivity index (χ1v) is 15.6. The number of nitrogens with zero attached hydrogens (tertiary/aromatic N) is 2. The molecule has 0 aliphatic carbocycles. The van der Waals surface area contributed by atoms with Gasteiger partial charge in [-0.3, -0.25) is 5.41 Å². The van der Waals surface area contributed by atoms with Crippen molar-refractivity contribution < 1.29 is 23.9 Å². The number of fused-ring (bicyclic) bond motifs is 6. The van der Waals surface area contributed by atoms with Crippen LogP contribution in [-0.2, 0) is 0 Å². The van der Waals surface area contributed by atoms with Gasteiger partial charge in [-0.1, -0.05) is 121 Å². The molecule has 5 heteroatoms. The van der Waals surface area contributed by atoms with Crippen molar-refractivity contribution >= 4 is 61.8 Å². The number of amidine groups is 2. The molecule has 9 rings (SSSR count). The van der Waals surface area contributed by atoms with Crippen LogP contribution >= 0.6 is 0 Å². The van der Waals surface area contributed by atoms with Crippen LogP contribution in [-0.4, -0.2) is 17.9 Å². The SMILES string of the molecule is [2H]c1c([2H])c([2H])c(-c2c([2H])c([2H])c3oc4c([2H])c([2H])c(C(=N)N=C(N=Cc5ccc(-c6ccccc6)cc5)c5cccc6c5oc5ccccc56)c([2H])c4c3c2[2H])c([2H])c1[2H]. The van der Waals surface area contributed by atoms with E-state index in [1.807, 2.05) is 84.9 Å². The average Bonchev–Trinajstić information content (AvgIpc) is 3.87. The molecule has 9 aromatic rings. The normalized spacial score (nSPS) is 15.2. The van der Waals surface area contributed by atoms with Crippen molar-refractivity contribution in [2.24, 2.45) is 9.98 Å². The summed E-state index contributed by atoms with van der Waals surface area (Å²) in [5.41, 5.74) is 2.03. The van der Waals surface area contributed by atoms with Gasteiger partial charge < -0.3 is 8.83 Å². The minimum absolute atomic E-state index is 0.0128. The van der Waals surface area contributed by atoms with Gasteiger partial charge in [0.2, 0.25) is 0 Å². The predicted molar refractivity (Wildman–Crippen MR) is 206 cm³/mol. The Hall–Kier alpha value is -6.85. The lowest BCUT2D eigenvalue weighted by Crippen LogP contribution is -2.05. The standard InChI is InChI=1S/C45H29N3O2/c46-44(34-23-25-42-39(27-34)38-26-33(22-24-41(38)49-42)31-12-5-2-6-13-31)48-45(37-16-9-15-36-35-14-7-8-17-40(35)50-43(36)37)47-28-29-18-20-32(21-19-29)30-10-3-1-4-11-30/h1-28,46H/i2D,5D,6D,12D,13D,22D,23D,24D,25D,26D,27D. The number of para-hydroxylation sites is 2. The third-order valence-corrected chi connectivity index (χ3v) is 8.21. The summed E-state index contributed by atoms with van der Waals surface area (Å²) in [6, 6.07) is 23.2. The highest BCUT2D eigenvalue weighted by molar-refractivity contribution is 6.20. The van der Waals surface area contributed by atoms with E-state index in [2.05, 4.69) is 4.99 Å². The van der Waals surface area contributed by atoms with Crippen molar-refractivity contribution in [3.8, 4) is 22.3 Å². The topological polar surface area (TPSA) is 74.8 Å². The molecule has 0 spiro atoms. The van der Waals surface area contributed by atoms with Gasteiger partial charge in [0.05, 0.1) is 20.6 Å². The predicted octanol–water partition coefficient (Wildman–Crippen LogP) is 11.7. The molecule has 0 atom stereocenters. The van der Waals surface area contributed by atoms with Gasteiger partial charge >= 0.3 is 0 Å². The molecule has 0 aliphatic rings. The molecule has 2 heterocycles. The molecule has 0 saturated carbocycles. The number of benzene rings is 7. The van der Waals surface area contributed by atoms with Crippen LogP contribution in [0.15, 0.2) is 182 Å². The largest absolute Gasteiger partial charge is 0.456 e. The molecule has 1 N–H and O–H groups in total. The van der Waals surface area contributed by atoms with E-state index in [1.54, 1.807) is 18.3 Å². The van der Waals surface area contributed by atoms with Crippen molar-refractivity contribution in [3.05, 3.63) is 180 Å². The Morgan fingerprint density at radius 3 is 2.12 bits per heavy atom. The van der Waals surface area contributed by atoms with Gasteiger partial charge in [0.25, 0.3) is 0 Å². The molecule has 0 unspecified atom stereocenters. The fourth-order valence-electron chi connectivity index (χ4n) is 5.79. The number of rotatable bonds is 5. The molecular formula is C45H29N3O2. The molecule has 2 aromatic heterocycles. The quantitative estimate of drug-likeness (QED) is 0.148. The van der Waals surface area contributed by atoms with Gasteiger partial charge in [0.15, 0.2) is 11.7 Å². The van der Waals surface area contributed by atoms with E-state index in [-0.39, 0.29) is 27.8 Å². The third-order valence-electron chi connectivity index (χ3n) is 8.21. The number of furan rings is 2. The molecule has 7 aromatic carbocycles. The molecule has 0 amide bonds. The van der Waals surface area contributed by atoms with Crippen LogP contribution < -0.4 is 0 Å². The second-order valence-electron chi connectivity index (χ2n) is 11.3. The van der Waals surface area contributed by atoms with E-state index in [0.29, 0.717) is 22.3 Å². The Labute approximate surface area is 303 Å². The second kappa shape index (κ2) is 12.3. The van der Waals surface area contributed by atoms with Crippen LogP contribution in [0.25, 0.3) is 66.1 Å². The minimum Gasteiger partial charge on any atom is -0.456 e. The molecule has 0 aliphatic heterocycles. The highest BCUT2D eigenvalue weighted by atomic mass is 16.3. The Morgan fingerprint density at radius 2 is 1.28 bits per heavy atom. The van der Waals surface area contributed by atoms with E-state index >= 15 is 0 Å². The molecule has 0 radical (unpaired) electrons. The maximum absolute atomic E-state index is 9.38. The molecule has 0 bridgehead atoms. The fraction of sp³-hybridized carbons (Fsp3) is 0. The van der Waals surface area contributed by atoms with Crippen LogP contribution in [0.2, 0.25) is 0 Å². The van der Waals surface area contributed by atoms with Gasteiger partial charge in [0, 0.05) is 33.3 Å². The summed E-state index contributed by atoms with van der Waals surface area (Å²) in [6.07, 6.45) is 1.56. The lowest BCUT2D eigenvalue weighted by atomic mass is 10.0. The smallest absolute Gasteiger partial charge is 0.165 e. The van der Waals surface area contributed by atoms with Crippen molar-refractivity contribution in [2.75, 3.05) is 0 Å². The molecule has 236 valence electrons. The minimum atomic E-state index is -0.707. The molecule has 0 fully saturated rings. The summed E-state index contributed by atoms with van der Waals surface area (Å²) in [5.74, 6) is -0.652. The van der Waals surface area contributed by atoms with Gasteiger partial charge in [-0.25, -0.2) is 9.98 Å². The first-order chi connectivity index (χ1) is 29.3. The van der Waals surface area contributed by atoms with Crippen LogP contribution in [0.3, 0.4) is 0 Å². The third kappa shape index (κ3) is 5.37. The lowest BCUT2D eigenvalue weighted by Gasteiger charge is -2.06. The van der Waals surface area contributed by atoms with E-state index in [0.717, 1.165) is 21.9 Å². The Balaban J connectivity index is 1.25. The van der Waals surface area contributed by atoms with Gasteiger partial charge in [-0.15, -0.1) is 0 Å². The van der Waals surface area contributed by atoms with Crippen LogP contribution in [0.5, 0.6) is 0 Å². The first-order valence-electron chi connectivity index (χ1n) is 21.1. The van der Waals surface area contributed by atoms with Gasteiger partial charge in [0.1, 0.15) is 22.3 Å². The van der Waals surface area contributed by atoms with E-state index in [4.69, 9.17) is 26.2 Å². The van der Waals surface area contributed by atoms with Crippen LogP contribution in [0.4, 0.5) is 0 Å². The zero-order valence-electron chi connectivity index (χ0n) is 37.0. The summed E-state index contributed by atoms with van der Waals surface area (Å²) in [6.45, 7) is 0. The Morgan fingerprint density at radius 1 is 0.560 bits per heavy atom. The molecular weight excluding hydrogens is 615 g/mol. The highest BCUT2D eigenvalue weighted by Crippen LogP contribution is 2.34. The van der Waals surface area contributed by atoms with Crippen molar-refractivity contribution in [1.29, 1.82) is 5.41 Å². The van der Waals surface area contributed by atoms with Gasteiger partial charge in [-0.05, 0) is 70.2 Å². The van der Waals surface area contributed by atoms with Crippen molar-refractivity contribution in [1.82, 2.24) is 0 Å². The molecule has 5 nitrogen and oxygen atoms in total. The summed E-state index contributed by atoms with van der Waals surface area (Å²) in [4.78, 5) is 9.32. The number of hydrogen-bond donors (Lipinski definition) is 1. The number of aliphatic imine (C=N–C) groups is 2. The van der Waals surface area contributed by atoms with Gasteiger partial charge in [-0.2, -0.15) is 0 Å². The van der Waals surface area contributed by atoms with E-state index < -0.39 is 89.0 Å².